The first-order chi connectivity index (χ1) is 20.2. The maximum absolute atomic E-state index is 13.7. The zero-order valence-corrected chi connectivity index (χ0v) is 27.0. The van der Waals surface area contributed by atoms with Crippen LogP contribution in [0.5, 0.6) is 5.75 Å². The van der Waals surface area contributed by atoms with Crippen LogP contribution in [-0.2, 0) is 26.0 Å². The number of aliphatic hydroxyl groups excluding tert-OH is 1. The van der Waals surface area contributed by atoms with Gasteiger partial charge in [-0.2, -0.15) is 4.31 Å². The average Bonchev–Trinajstić information content (AvgIpc) is 3.78. The van der Waals surface area contributed by atoms with Crippen molar-refractivity contribution >= 4 is 21.8 Å². The molecule has 238 valence electrons. The van der Waals surface area contributed by atoms with Crippen LogP contribution in [0.4, 0.5) is 0 Å². The van der Waals surface area contributed by atoms with Gasteiger partial charge in [0.2, 0.25) is 21.8 Å². The second-order valence-corrected chi connectivity index (χ2v) is 14.7. The van der Waals surface area contributed by atoms with E-state index in [9.17, 15) is 23.1 Å². The van der Waals surface area contributed by atoms with Gasteiger partial charge in [0.25, 0.3) is 0 Å². The summed E-state index contributed by atoms with van der Waals surface area (Å²) in [6.45, 7) is 9.45. The fraction of sp³-hybridized carbons (Fsp3) is 0.562. The summed E-state index contributed by atoms with van der Waals surface area (Å²) >= 11 is 0. The van der Waals surface area contributed by atoms with E-state index in [1.54, 1.807) is 12.1 Å². The predicted molar refractivity (Wildman–Crippen MR) is 167 cm³/mol. The number of ether oxygens (including phenoxy) is 1. The van der Waals surface area contributed by atoms with Gasteiger partial charge in [0, 0.05) is 19.1 Å². The van der Waals surface area contributed by atoms with Gasteiger partial charge in [0.05, 0.1) is 30.7 Å². The quantitative estimate of drug-likeness (QED) is 0.228. The van der Waals surface area contributed by atoms with Gasteiger partial charge in [0.15, 0.2) is 0 Å². The standard InChI is InChI=1S/C32H48N4O6S/c1-22(2)20-36(43(40,41)26-16-14-25(42-6)15-17-26)21-28(37)27(18-23-10-8-7-9-11-23)34-31(39)30(32(3,4)5)35-29(38)19-33-24-12-13-24/h7-11,14-17,22,24,27-28,30,33,37H,12-13,18-21H2,1-6H3,(H,34,39)(H,35,38)/t27?,28-,30-/m1/s1. The van der Waals surface area contributed by atoms with Gasteiger partial charge >= 0.3 is 0 Å². The third-order valence-corrected chi connectivity index (χ3v) is 9.16. The summed E-state index contributed by atoms with van der Waals surface area (Å²) in [7, 11) is -2.47. The Morgan fingerprint density at radius 2 is 1.63 bits per heavy atom. The molecule has 2 amide bonds. The Morgan fingerprint density at radius 1 is 1.00 bits per heavy atom. The van der Waals surface area contributed by atoms with Crippen LogP contribution < -0.4 is 20.7 Å². The fourth-order valence-corrected chi connectivity index (χ4v) is 6.36. The molecule has 3 rings (SSSR count). The second-order valence-electron chi connectivity index (χ2n) is 12.8. The van der Waals surface area contributed by atoms with Crippen LogP contribution in [0.1, 0.15) is 53.0 Å². The minimum absolute atomic E-state index is 0.0212. The lowest BCUT2D eigenvalue weighted by molar-refractivity contribution is -0.132. The highest BCUT2D eigenvalue weighted by Crippen LogP contribution is 2.23. The maximum Gasteiger partial charge on any atom is 0.243 e. The summed E-state index contributed by atoms with van der Waals surface area (Å²) in [4.78, 5) is 26.5. The van der Waals surface area contributed by atoms with E-state index in [0.29, 0.717) is 11.8 Å². The summed E-state index contributed by atoms with van der Waals surface area (Å²) < 4.78 is 33.9. The van der Waals surface area contributed by atoms with Crippen LogP contribution in [0.3, 0.4) is 0 Å². The zero-order chi connectivity index (χ0) is 31.8. The number of rotatable bonds is 16. The van der Waals surface area contributed by atoms with Crippen molar-refractivity contribution in [2.75, 3.05) is 26.7 Å². The van der Waals surface area contributed by atoms with Crippen molar-refractivity contribution in [3.05, 3.63) is 60.2 Å². The van der Waals surface area contributed by atoms with Crippen molar-refractivity contribution in [3.63, 3.8) is 0 Å². The molecule has 43 heavy (non-hydrogen) atoms. The third kappa shape index (κ3) is 10.6. The molecule has 4 N–H and O–H groups in total. The largest absolute Gasteiger partial charge is 0.497 e. The Balaban J connectivity index is 1.85. The molecule has 0 radical (unpaired) electrons. The Hall–Kier alpha value is -2.99. The summed E-state index contributed by atoms with van der Waals surface area (Å²) in [6.07, 6.45) is 1.10. The van der Waals surface area contributed by atoms with Gasteiger partial charge in [-0.25, -0.2) is 8.42 Å². The number of amides is 2. The number of hydrogen-bond donors (Lipinski definition) is 4. The molecule has 1 aliphatic rings. The number of hydrogen-bond acceptors (Lipinski definition) is 7. The molecule has 3 atom stereocenters. The van der Waals surface area contributed by atoms with Crippen LogP contribution in [0, 0.1) is 11.3 Å². The minimum atomic E-state index is -3.97. The lowest BCUT2D eigenvalue weighted by Crippen LogP contribution is -2.59. The molecule has 0 saturated heterocycles. The highest BCUT2D eigenvalue weighted by atomic mass is 32.2. The van der Waals surface area contributed by atoms with E-state index in [1.165, 1.54) is 23.5 Å². The normalized spacial score (nSPS) is 16.0. The number of nitrogens with one attached hydrogen (secondary N) is 3. The van der Waals surface area contributed by atoms with E-state index >= 15 is 0 Å². The molecule has 0 bridgehead atoms. The molecule has 1 aliphatic carbocycles. The van der Waals surface area contributed by atoms with Crippen molar-refractivity contribution in [1.29, 1.82) is 0 Å². The van der Waals surface area contributed by atoms with Gasteiger partial charge in [0.1, 0.15) is 11.8 Å². The molecular formula is C32H48N4O6S. The van der Waals surface area contributed by atoms with Gasteiger partial charge in [-0.1, -0.05) is 65.0 Å². The summed E-state index contributed by atoms with van der Waals surface area (Å²) in [6, 6.07) is 14.1. The van der Waals surface area contributed by atoms with Crippen LogP contribution in [-0.4, -0.2) is 80.6 Å². The van der Waals surface area contributed by atoms with Crippen molar-refractivity contribution in [2.45, 2.75) is 83.0 Å². The topological polar surface area (TPSA) is 137 Å². The Labute approximate surface area is 256 Å². The molecule has 0 heterocycles. The number of carbonyl (C=O) groups is 2. The summed E-state index contributed by atoms with van der Waals surface area (Å²) in [5, 5.41) is 20.6. The highest BCUT2D eigenvalue weighted by Gasteiger charge is 2.37. The smallest absolute Gasteiger partial charge is 0.243 e. The monoisotopic (exact) mass is 616 g/mol. The fourth-order valence-electron chi connectivity index (χ4n) is 4.74. The average molecular weight is 617 g/mol. The van der Waals surface area contributed by atoms with E-state index in [4.69, 9.17) is 4.74 Å². The summed E-state index contributed by atoms with van der Waals surface area (Å²) in [5.41, 5.74) is 0.244. The van der Waals surface area contributed by atoms with Gasteiger partial charge in [-0.05, 0) is 60.4 Å². The van der Waals surface area contributed by atoms with E-state index in [2.05, 4.69) is 16.0 Å². The Morgan fingerprint density at radius 3 is 2.16 bits per heavy atom. The molecule has 0 spiro atoms. The van der Waals surface area contributed by atoms with E-state index in [0.717, 1.165) is 18.4 Å². The Bertz CT molecular complexity index is 1290. The molecule has 1 fully saturated rings. The number of nitrogens with zero attached hydrogens (tertiary/aromatic N) is 1. The van der Waals surface area contributed by atoms with Gasteiger partial charge in [-0.15, -0.1) is 0 Å². The predicted octanol–water partition coefficient (Wildman–Crippen LogP) is 2.71. The second kappa shape index (κ2) is 15.1. The van der Waals surface area contributed by atoms with Crippen LogP contribution in [0.15, 0.2) is 59.5 Å². The molecule has 0 aromatic heterocycles. The van der Waals surface area contributed by atoms with E-state index in [-0.39, 0.29) is 42.8 Å². The lowest BCUT2D eigenvalue weighted by Gasteiger charge is -2.34. The molecule has 2 aromatic carbocycles. The number of carbonyl (C=O) groups excluding carboxylic acids is 2. The minimum Gasteiger partial charge on any atom is -0.497 e. The first-order valence-corrected chi connectivity index (χ1v) is 16.3. The van der Waals surface area contributed by atoms with Crippen molar-refractivity contribution in [1.82, 2.24) is 20.3 Å². The SMILES string of the molecule is COc1ccc(S(=O)(=O)N(CC(C)C)C[C@@H](O)C(Cc2ccccc2)NC(=O)[C@@H](NC(=O)CNC2CC2)C(C)(C)C)cc1. The maximum atomic E-state index is 13.7. The number of aliphatic hydroxyl groups is 1. The van der Waals surface area contributed by atoms with Crippen molar-refractivity contribution < 1.29 is 27.9 Å². The molecular weight excluding hydrogens is 568 g/mol. The molecule has 1 saturated carbocycles. The molecule has 1 unspecified atom stereocenters. The molecule has 11 heteroatoms. The first-order valence-electron chi connectivity index (χ1n) is 14.9. The van der Waals surface area contributed by atoms with Crippen molar-refractivity contribution in [2.24, 2.45) is 11.3 Å². The molecule has 10 nitrogen and oxygen atoms in total. The Kier molecular flexibility index (Phi) is 12.1. The number of benzene rings is 2. The number of methoxy groups -OCH3 is 1. The first kappa shape index (κ1) is 34.5. The van der Waals surface area contributed by atoms with Crippen LogP contribution >= 0.6 is 0 Å². The van der Waals surface area contributed by atoms with E-state index in [1.807, 2.05) is 65.0 Å². The summed E-state index contributed by atoms with van der Waals surface area (Å²) in [5.74, 6) is -0.215. The van der Waals surface area contributed by atoms with Crippen LogP contribution in [0.2, 0.25) is 0 Å². The van der Waals surface area contributed by atoms with E-state index < -0.39 is 39.5 Å². The van der Waals surface area contributed by atoms with Gasteiger partial charge in [-0.3, -0.25) is 9.59 Å². The van der Waals surface area contributed by atoms with Crippen LogP contribution in [0.25, 0.3) is 0 Å². The van der Waals surface area contributed by atoms with Crippen molar-refractivity contribution in [3.8, 4) is 5.75 Å². The van der Waals surface area contributed by atoms with Gasteiger partial charge < -0.3 is 25.8 Å². The molecule has 2 aromatic rings. The molecule has 0 aliphatic heterocycles. The zero-order valence-electron chi connectivity index (χ0n) is 26.2. The highest BCUT2D eigenvalue weighted by molar-refractivity contribution is 7.89. The lowest BCUT2D eigenvalue weighted by atomic mass is 9.85. The number of sulfonamides is 1. The third-order valence-electron chi connectivity index (χ3n) is 7.31.